The number of hydrogen-bond donors (Lipinski definition) is 0. The molecule has 4 aromatic rings. The third-order valence-corrected chi connectivity index (χ3v) is 7.12. The van der Waals surface area contributed by atoms with Crippen LogP contribution in [-0.2, 0) is 0 Å². The summed E-state index contributed by atoms with van der Waals surface area (Å²) in [5.41, 5.74) is 12.6. The van der Waals surface area contributed by atoms with E-state index in [2.05, 4.69) is 135 Å². The van der Waals surface area contributed by atoms with Crippen LogP contribution in [0.1, 0.15) is 46.2 Å². The molecular formula is C34H36N2. The Bertz CT molecular complexity index is 1220. The molecule has 4 aromatic carbocycles. The third-order valence-electron chi connectivity index (χ3n) is 7.12. The minimum absolute atomic E-state index is 0.989. The highest BCUT2D eigenvalue weighted by Gasteiger charge is 2.27. The zero-order valence-electron chi connectivity index (χ0n) is 22.0. The van der Waals surface area contributed by atoms with E-state index in [1.54, 1.807) is 0 Å². The van der Waals surface area contributed by atoms with Gasteiger partial charge in [-0.15, -0.1) is 0 Å². The standard InChI is InChI=1S/C34H36N2/c1-25-7-15-29(16-8-25)33-34(30-17-9-26(2)10-18-30)36(32-21-13-28(4)14-22-32)24-6-5-23-35(33)31-19-11-27(3)12-20-31/h7-22H,5-6,23-24H2,1-4H3. The lowest BCUT2D eigenvalue weighted by Gasteiger charge is -2.38. The van der Waals surface area contributed by atoms with Crippen molar-refractivity contribution < 1.29 is 0 Å². The van der Waals surface area contributed by atoms with Gasteiger partial charge < -0.3 is 9.80 Å². The second kappa shape index (κ2) is 10.5. The van der Waals surface area contributed by atoms with Gasteiger partial charge in [-0.05, 0) is 64.8 Å². The molecule has 0 bridgehead atoms. The van der Waals surface area contributed by atoms with Gasteiger partial charge in [0.1, 0.15) is 0 Å². The van der Waals surface area contributed by atoms with E-state index >= 15 is 0 Å². The number of benzene rings is 4. The average molecular weight is 473 g/mol. The Morgan fingerprint density at radius 1 is 0.389 bits per heavy atom. The first kappa shape index (κ1) is 23.9. The van der Waals surface area contributed by atoms with Crippen molar-refractivity contribution in [2.24, 2.45) is 0 Å². The average Bonchev–Trinajstić information content (AvgIpc) is 2.87. The van der Waals surface area contributed by atoms with Crippen molar-refractivity contribution in [3.63, 3.8) is 0 Å². The van der Waals surface area contributed by atoms with E-state index in [4.69, 9.17) is 0 Å². The fourth-order valence-corrected chi connectivity index (χ4v) is 4.99. The molecule has 0 saturated heterocycles. The first-order valence-electron chi connectivity index (χ1n) is 13.1. The third kappa shape index (κ3) is 5.09. The molecule has 0 aromatic heterocycles. The molecule has 0 saturated carbocycles. The lowest BCUT2D eigenvalue weighted by molar-refractivity contribution is 0.721. The van der Waals surface area contributed by atoms with Crippen molar-refractivity contribution >= 4 is 22.8 Å². The van der Waals surface area contributed by atoms with Gasteiger partial charge in [-0.25, -0.2) is 0 Å². The summed E-state index contributed by atoms with van der Waals surface area (Å²) in [7, 11) is 0. The van der Waals surface area contributed by atoms with Gasteiger partial charge in [-0.2, -0.15) is 0 Å². The van der Waals surface area contributed by atoms with Gasteiger partial charge in [0.05, 0.1) is 11.4 Å². The van der Waals surface area contributed by atoms with Crippen molar-refractivity contribution in [3.05, 3.63) is 130 Å². The Balaban J connectivity index is 1.83. The van der Waals surface area contributed by atoms with E-state index in [0.29, 0.717) is 0 Å². The van der Waals surface area contributed by atoms with Gasteiger partial charge >= 0.3 is 0 Å². The molecule has 0 N–H and O–H groups in total. The SMILES string of the molecule is Cc1ccc(C2=C(c3ccc(C)cc3)N(c3ccc(C)cc3)CCCCN2c2ccc(C)cc2)cc1. The molecule has 0 radical (unpaired) electrons. The minimum Gasteiger partial charge on any atom is -0.339 e. The topological polar surface area (TPSA) is 6.48 Å². The van der Waals surface area contributed by atoms with Crippen LogP contribution in [0.4, 0.5) is 11.4 Å². The summed E-state index contributed by atoms with van der Waals surface area (Å²) in [5.74, 6) is 0. The number of aryl methyl sites for hydroxylation is 4. The molecule has 36 heavy (non-hydrogen) atoms. The Morgan fingerprint density at radius 3 is 0.972 bits per heavy atom. The van der Waals surface area contributed by atoms with Crippen LogP contribution in [0.25, 0.3) is 11.4 Å². The molecule has 0 spiro atoms. The fourth-order valence-electron chi connectivity index (χ4n) is 4.99. The van der Waals surface area contributed by atoms with E-state index in [0.717, 1.165) is 25.9 Å². The Morgan fingerprint density at radius 2 is 0.667 bits per heavy atom. The lowest BCUT2D eigenvalue weighted by Crippen LogP contribution is -2.33. The van der Waals surface area contributed by atoms with Crippen LogP contribution in [0, 0.1) is 27.7 Å². The van der Waals surface area contributed by atoms with Gasteiger partial charge in [0.15, 0.2) is 0 Å². The first-order chi connectivity index (χ1) is 17.5. The maximum absolute atomic E-state index is 2.54. The van der Waals surface area contributed by atoms with E-state index in [9.17, 15) is 0 Å². The second-order valence-electron chi connectivity index (χ2n) is 10.1. The number of nitrogens with zero attached hydrogens (tertiary/aromatic N) is 2. The molecule has 0 amide bonds. The molecule has 182 valence electrons. The zero-order valence-corrected chi connectivity index (χ0v) is 22.0. The molecule has 0 aliphatic carbocycles. The number of anilines is 2. The molecule has 0 fully saturated rings. The predicted molar refractivity (Wildman–Crippen MR) is 155 cm³/mol. The van der Waals surface area contributed by atoms with E-state index < -0.39 is 0 Å². The van der Waals surface area contributed by atoms with Crippen molar-refractivity contribution in [2.75, 3.05) is 22.9 Å². The Kier molecular flexibility index (Phi) is 6.95. The lowest BCUT2D eigenvalue weighted by atomic mass is 9.97. The van der Waals surface area contributed by atoms with Crippen LogP contribution in [0.15, 0.2) is 97.1 Å². The van der Waals surface area contributed by atoms with Gasteiger partial charge in [0.25, 0.3) is 0 Å². The maximum atomic E-state index is 2.54. The molecule has 0 atom stereocenters. The molecule has 0 unspecified atom stereocenters. The molecule has 2 heteroatoms. The highest BCUT2D eigenvalue weighted by molar-refractivity contribution is 6.02. The van der Waals surface area contributed by atoms with Crippen molar-refractivity contribution in [3.8, 4) is 0 Å². The monoisotopic (exact) mass is 472 g/mol. The van der Waals surface area contributed by atoms with Crippen molar-refractivity contribution in [1.29, 1.82) is 0 Å². The largest absolute Gasteiger partial charge is 0.339 e. The van der Waals surface area contributed by atoms with Crippen LogP contribution in [0.5, 0.6) is 0 Å². The Hall–Kier alpha value is -3.78. The number of rotatable bonds is 4. The van der Waals surface area contributed by atoms with E-state index in [1.807, 2.05) is 0 Å². The predicted octanol–water partition coefficient (Wildman–Crippen LogP) is 8.55. The normalized spacial score (nSPS) is 14.6. The Labute approximate surface area is 216 Å². The number of hydrogen-bond acceptors (Lipinski definition) is 2. The van der Waals surface area contributed by atoms with Gasteiger partial charge in [0.2, 0.25) is 0 Å². The summed E-state index contributed by atoms with van der Waals surface area (Å²) in [6.07, 6.45) is 2.26. The maximum Gasteiger partial charge on any atom is 0.0731 e. The molecule has 1 heterocycles. The first-order valence-corrected chi connectivity index (χ1v) is 13.1. The van der Waals surface area contributed by atoms with Crippen LogP contribution in [-0.4, -0.2) is 13.1 Å². The van der Waals surface area contributed by atoms with Crippen LogP contribution in [0.2, 0.25) is 0 Å². The van der Waals surface area contributed by atoms with Crippen LogP contribution < -0.4 is 9.80 Å². The summed E-state index contributed by atoms with van der Waals surface area (Å²) < 4.78 is 0. The minimum atomic E-state index is 0.989. The van der Waals surface area contributed by atoms with E-state index in [-0.39, 0.29) is 0 Å². The highest BCUT2D eigenvalue weighted by Crippen LogP contribution is 2.39. The molecule has 5 rings (SSSR count). The fraction of sp³-hybridized carbons (Fsp3) is 0.235. The highest BCUT2D eigenvalue weighted by atomic mass is 15.2. The summed E-state index contributed by atoms with van der Waals surface area (Å²) in [6.45, 7) is 10.6. The van der Waals surface area contributed by atoms with Gasteiger partial charge in [-0.1, -0.05) is 95.1 Å². The molecular weight excluding hydrogens is 436 g/mol. The van der Waals surface area contributed by atoms with Crippen molar-refractivity contribution in [2.45, 2.75) is 40.5 Å². The van der Waals surface area contributed by atoms with Gasteiger partial charge in [0, 0.05) is 35.6 Å². The quantitative estimate of drug-likeness (QED) is 0.293. The molecule has 2 nitrogen and oxygen atoms in total. The second-order valence-corrected chi connectivity index (χ2v) is 10.1. The summed E-state index contributed by atoms with van der Waals surface area (Å²) in [5, 5.41) is 0. The van der Waals surface area contributed by atoms with Gasteiger partial charge in [-0.3, -0.25) is 0 Å². The summed E-state index contributed by atoms with van der Waals surface area (Å²) in [6, 6.07) is 36.1. The smallest absolute Gasteiger partial charge is 0.0731 e. The van der Waals surface area contributed by atoms with E-state index in [1.165, 1.54) is 56.1 Å². The summed E-state index contributed by atoms with van der Waals surface area (Å²) >= 11 is 0. The van der Waals surface area contributed by atoms with Crippen LogP contribution in [0.3, 0.4) is 0 Å². The molecule has 1 aliphatic heterocycles. The zero-order chi connectivity index (χ0) is 25.1. The molecule has 1 aliphatic rings. The van der Waals surface area contributed by atoms with Crippen molar-refractivity contribution in [1.82, 2.24) is 0 Å². The van der Waals surface area contributed by atoms with Crippen LogP contribution >= 0.6 is 0 Å². The summed E-state index contributed by atoms with van der Waals surface area (Å²) in [4.78, 5) is 5.08.